The summed E-state index contributed by atoms with van der Waals surface area (Å²) in [6, 6.07) is 0.436. The number of nitrogen functional groups attached to an aromatic ring is 1. The molecule has 0 amide bonds. The molecule has 0 aliphatic carbocycles. The molecule has 0 bridgehead atoms. The highest BCUT2D eigenvalue weighted by atomic mass is 127. The predicted octanol–water partition coefficient (Wildman–Crippen LogP) is 3.55. The summed E-state index contributed by atoms with van der Waals surface area (Å²) in [5.74, 6) is 1.27. The summed E-state index contributed by atoms with van der Waals surface area (Å²) in [6.45, 7) is 8.66. The van der Waals surface area contributed by atoms with Gasteiger partial charge in [0.2, 0.25) is 0 Å². The minimum absolute atomic E-state index is 0.436. The molecule has 0 aromatic carbocycles. The summed E-state index contributed by atoms with van der Waals surface area (Å²) in [7, 11) is 0. The lowest BCUT2D eigenvalue weighted by Gasteiger charge is -2.14. The van der Waals surface area contributed by atoms with E-state index in [-0.39, 0.29) is 0 Å². The van der Waals surface area contributed by atoms with Crippen LogP contribution in [0.4, 0.5) is 5.82 Å². The van der Waals surface area contributed by atoms with Crippen LogP contribution in [0.1, 0.15) is 58.2 Å². The van der Waals surface area contributed by atoms with Crippen molar-refractivity contribution in [2.45, 2.75) is 52.5 Å². The molecule has 0 saturated heterocycles. The molecule has 0 fully saturated rings. The summed E-state index contributed by atoms with van der Waals surface area (Å²) in [5, 5.41) is 4.64. The van der Waals surface area contributed by atoms with Crippen LogP contribution in [0.15, 0.2) is 0 Å². The van der Waals surface area contributed by atoms with E-state index in [0.29, 0.717) is 12.0 Å². The van der Waals surface area contributed by atoms with Crippen LogP contribution in [0.3, 0.4) is 0 Å². The highest BCUT2D eigenvalue weighted by Crippen LogP contribution is 2.29. The van der Waals surface area contributed by atoms with Gasteiger partial charge in [0.1, 0.15) is 5.82 Å². The zero-order valence-corrected chi connectivity index (χ0v) is 12.1. The normalized spacial score (nSPS) is 11.7. The van der Waals surface area contributed by atoms with E-state index in [1.165, 1.54) is 0 Å². The number of rotatable bonds is 4. The number of aromatic nitrogens is 2. The lowest BCUT2D eigenvalue weighted by atomic mass is 10.1. The van der Waals surface area contributed by atoms with Gasteiger partial charge < -0.3 is 5.73 Å². The van der Waals surface area contributed by atoms with Crippen LogP contribution >= 0.6 is 22.6 Å². The molecule has 15 heavy (non-hydrogen) atoms. The summed E-state index contributed by atoms with van der Waals surface area (Å²) in [6.07, 6.45) is 2.16. The molecule has 1 rings (SSSR count). The second-order valence-corrected chi connectivity index (χ2v) is 5.23. The Morgan fingerprint density at radius 1 is 1.33 bits per heavy atom. The lowest BCUT2D eigenvalue weighted by Crippen LogP contribution is -2.12. The van der Waals surface area contributed by atoms with Gasteiger partial charge in [0, 0.05) is 0 Å². The molecule has 86 valence electrons. The molecule has 4 heteroatoms. The molecule has 1 aromatic rings. The Morgan fingerprint density at radius 2 is 1.87 bits per heavy atom. The third-order valence-corrected chi connectivity index (χ3v) is 3.85. The van der Waals surface area contributed by atoms with Crippen molar-refractivity contribution in [3.05, 3.63) is 9.26 Å². The fourth-order valence-corrected chi connectivity index (χ4v) is 2.71. The van der Waals surface area contributed by atoms with Gasteiger partial charge in [-0.2, -0.15) is 5.10 Å². The van der Waals surface area contributed by atoms with Crippen molar-refractivity contribution >= 4 is 28.4 Å². The van der Waals surface area contributed by atoms with Crippen LogP contribution in [0.5, 0.6) is 0 Å². The number of halogens is 1. The zero-order valence-electron chi connectivity index (χ0n) is 9.92. The van der Waals surface area contributed by atoms with Crippen LogP contribution in [-0.2, 0) is 0 Å². The Hall–Kier alpha value is -0.260. The van der Waals surface area contributed by atoms with Crippen molar-refractivity contribution in [1.29, 1.82) is 0 Å². The molecular formula is C11H20IN3. The molecule has 3 nitrogen and oxygen atoms in total. The summed E-state index contributed by atoms with van der Waals surface area (Å²) in [5.41, 5.74) is 7.21. The third-order valence-electron chi connectivity index (χ3n) is 2.75. The van der Waals surface area contributed by atoms with Crippen LogP contribution in [0.25, 0.3) is 0 Å². The van der Waals surface area contributed by atoms with Crippen molar-refractivity contribution in [3.63, 3.8) is 0 Å². The van der Waals surface area contributed by atoms with E-state index < -0.39 is 0 Å². The van der Waals surface area contributed by atoms with Gasteiger partial charge in [-0.25, -0.2) is 4.68 Å². The second kappa shape index (κ2) is 5.18. The fourth-order valence-electron chi connectivity index (χ4n) is 1.73. The number of nitrogens with zero attached hydrogens (tertiary/aromatic N) is 2. The van der Waals surface area contributed by atoms with Crippen molar-refractivity contribution < 1.29 is 0 Å². The van der Waals surface area contributed by atoms with Gasteiger partial charge in [0.15, 0.2) is 0 Å². The van der Waals surface area contributed by atoms with E-state index in [0.717, 1.165) is 27.9 Å². The first-order valence-electron chi connectivity index (χ1n) is 5.56. The van der Waals surface area contributed by atoms with Crippen LogP contribution < -0.4 is 5.73 Å². The molecule has 0 unspecified atom stereocenters. The molecule has 0 aliphatic heterocycles. The van der Waals surface area contributed by atoms with Gasteiger partial charge in [-0.1, -0.05) is 27.7 Å². The number of anilines is 1. The smallest absolute Gasteiger partial charge is 0.135 e. The van der Waals surface area contributed by atoms with E-state index in [1.54, 1.807) is 0 Å². The lowest BCUT2D eigenvalue weighted by molar-refractivity contribution is 0.430. The monoisotopic (exact) mass is 321 g/mol. The van der Waals surface area contributed by atoms with Gasteiger partial charge in [0.05, 0.1) is 15.3 Å². The number of hydrogen-bond acceptors (Lipinski definition) is 2. The van der Waals surface area contributed by atoms with Gasteiger partial charge in [-0.15, -0.1) is 0 Å². The summed E-state index contributed by atoms with van der Waals surface area (Å²) >= 11 is 2.30. The van der Waals surface area contributed by atoms with E-state index in [2.05, 4.69) is 55.4 Å². The summed E-state index contributed by atoms with van der Waals surface area (Å²) < 4.78 is 3.12. The Morgan fingerprint density at radius 3 is 2.20 bits per heavy atom. The molecule has 0 spiro atoms. The van der Waals surface area contributed by atoms with E-state index in [9.17, 15) is 0 Å². The topological polar surface area (TPSA) is 43.8 Å². The van der Waals surface area contributed by atoms with Crippen molar-refractivity contribution in [2.75, 3.05) is 5.73 Å². The van der Waals surface area contributed by atoms with E-state index in [1.807, 2.05) is 4.68 Å². The first kappa shape index (κ1) is 12.8. The van der Waals surface area contributed by atoms with E-state index >= 15 is 0 Å². The molecule has 0 radical (unpaired) electrons. The highest BCUT2D eigenvalue weighted by Gasteiger charge is 2.19. The second-order valence-electron chi connectivity index (χ2n) is 4.15. The van der Waals surface area contributed by atoms with Gasteiger partial charge in [-0.05, 0) is 41.4 Å². The molecule has 2 N–H and O–H groups in total. The maximum atomic E-state index is 6.09. The quantitative estimate of drug-likeness (QED) is 0.862. The zero-order chi connectivity index (χ0) is 11.6. The minimum atomic E-state index is 0.436. The average molecular weight is 321 g/mol. The summed E-state index contributed by atoms with van der Waals surface area (Å²) in [4.78, 5) is 0. The maximum absolute atomic E-state index is 6.09. The van der Waals surface area contributed by atoms with Crippen LogP contribution in [0.2, 0.25) is 0 Å². The maximum Gasteiger partial charge on any atom is 0.135 e. The number of hydrogen-bond donors (Lipinski definition) is 1. The standard InChI is InChI=1S/C11H20IN3/c1-5-8(6-2)15-11(13)9(12)10(14-15)7(3)4/h7-8H,5-6,13H2,1-4H3. The Kier molecular flexibility index (Phi) is 4.43. The van der Waals surface area contributed by atoms with Gasteiger partial charge >= 0.3 is 0 Å². The SMILES string of the molecule is CCC(CC)n1nc(C(C)C)c(I)c1N. The molecule has 0 saturated carbocycles. The van der Waals surface area contributed by atoms with Crippen molar-refractivity contribution in [2.24, 2.45) is 0 Å². The Labute approximate surface area is 106 Å². The van der Waals surface area contributed by atoms with Crippen molar-refractivity contribution in [3.8, 4) is 0 Å². The van der Waals surface area contributed by atoms with Crippen LogP contribution in [-0.4, -0.2) is 9.78 Å². The molecule has 1 heterocycles. The average Bonchev–Trinajstić information content (AvgIpc) is 2.48. The van der Waals surface area contributed by atoms with Crippen molar-refractivity contribution in [1.82, 2.24) is 9.78 Å². The Balaban J connectivity index is 3.14. The van der Waals surface area contributed by atoms with Gasteiger partial charge in [0.25, 0.3) is 0 Å². The largest absolute Gasteiger partial charge is 0.383 e. The van der Waals surface area contributed by atoms with Crippen LogP contribution in [0, 0.1) is 3.57 Å². The molecular weight excluding hydrogens is 301 g/mol. The third kappa shape index (κ3) is 2.46. The first-order chi connectivity index (χ1) is 7.02. The van der Waals surface area contributed by atoms with E-state index in [4.69, 9.17) is 5.73 Å². The highest BCUT2D eigenvalue weighted by molar-refractivity contribution is 14.1. The fraction of sp³-hybridized carbons (Fsp3) is 0.727. The van der Waals surface area contributed by atoms with Gasteiger partial charge in [-0.3, -0.25) is 0 Å². The first-order valence-corrected chi connectivity index (χ1v) is 6.64. The predicted molar refractivity (Wildman–Crippen MR) is 73.1 cm³/mol. The minimum Gasteiger partial charge on any atom is -0.383 e. The number of nitrogens with two attached hydrogens (primary N) is 1. The molecule has 1 aromatic heterocycles. The molecule has 0 atom stereocenters. The molecule has 0 aliphatic rings. The Bertz CT molecular complexity index is 327.